The number of aliphatic hydroxyl groups excluding tert-OH is 2. The molecule has 0 bridgehead atoms. The van der Waals surface area contributed by atoms with Crippen molar-refractivity contribution in [1.29, 1.82) is 0 Å². The van der Waals surface area contributed by atoms with Gasteiger partial charge in [0.15, 0.2) is 6.29 Å². The number of ether oxygens (including phenoxy) is 4. The Morgan fingerprint density at radius 1 is 1.00 bits per heavy atom. The van der Waals surface area contributed by atoms with Gasteiger partial charge in [0.25, 0.3) is 0 Å². The standard InChI is InChI=1S/C29H42O8/c1-27-8-5-17(36-26-23(32)25-24(37-26)21(30)14-35-25)12-16(27)3-4-20-19(27)6-9-28(2)18(7-10-29(20,28)33)15-11-22(31)34-13-15/h11,16-21,23-26,30,32-33H,3-10,12-14H2,1-2H3/t16?,17?,18-,19+,20-,21-,23-,24-,25-,26-,27+,28-,29-/m1/s1. The lowest BCUT2D eigenvalue weighted by Gasteiger charge is -2.63. The van der Waals surface area contributed by atoms with Gasteiger partial charge in [0.1, 0.15) is 31.0 Å². The van der Waals surface area contributed by atoms with E-state index in [0.29, 0.717) is 18.4 Å². The fraction of sp³-hybridized carbons (Fsp3) is 0.897. The molecule has 0 radical (unpaired) electrons. The Hall–Kier alpha value is -1.03. The zero-order chi connectivity index (χ0) is 25.7. The predicted octanol–water partition coefficient (Wildman–Crippen LogP) is 2.47. The molecule has 206 valence electrons. The largest absolute Gasteiger partial charge is 0.458 e. The SMILES string of the molecule is C[C@]12CCC(O[C@@H]3O[C@H]4[C@H](OC[C@H]4O)[C@H]3O)CC1CC[C@@H]1[C@@H]2CC[C@]2(C)[C@@H](C3=CC(=O)OC3)CC[C@@]12O. The van der Waals surface area contributed by atoms with Crippen LogP contribution in [-0.4, -0.2) is 76.9 Å². The lowest BCUT2D eigenvalue weighted by Crippen LogP contribution is -2.62. The van der Waals surface area contributed by atoms with Crippen LogP contribution in [0.5, 0.6) is 0 Å². The lowest BCUT2D eigenvalue weighted by molar-refractivity contribution is -0.235. The van der Waals surface area contributed by atoms with E-state index in [9.17, 15) is 20.1 Å². The van der Waals surface area contributed by atoms with Gasteiger partial charge in [-0.1, -0.05) is 13.8 Å². The van der Waals surface area contributed by atoms with E-state index in [0.717, 1.165) is 63.4 Å². The molecule has 2 saturated heterocycles. The summed E-state index contributed by atoms with van der Waals surface area (Å²) in [6.45, 7) is 5.30. The van der Waals surface area contributed by atoms with Crippen molar-refractivity contribution in [3.8, 4) is 0 Å². The Bertz CT molecular complexity index is 983. The van der Waals surface area contributed by atoms with Crippen molar-refractivity contribution >= 4 is 5.97 Å². The molecule has 0 aromatic heterocycles. The molecular weight excluding hydrogens is 476 g/mol. The van der Waals surface area contributed by atoms with E-state index >= 15 is 0 Å². The third-order valence-electron chi connectivity index (χ3n) is 12.3. The highest BCUT2D eigenvalue weighted by Crippen LogP contribution is 2.70. The van der Waals surface area contributed by atoms with Crippen LogP contribution in [0.4, 0.5) is 0 Å². The zero-order valence-corrected chi connectivity index (χ0v) is 22.0. The molecule has 4 aliphatic carbocycles. The van der Waals surface area contributed by atoms with Crippen LogP contribution in [0.15, 0.2) is 11.6 Å². The van der Waals surface area contributed by atoms with Crippen LogP contribution in [0.3, 0.4) is 0 Å². The van der Waals surface area contributed by atoms with E-state index in [2.05, 4.69) is 13.8 Å². The molecule has 13 atom stereocenters. The van der Waals surface area contributed by atoms with Crippen molar-refractivity contribution in [2.24, 2.45) is 34.5 Å². The van der Waals surface area contributed by atoms with E-state index in [1.54, 1.807) is 6.08 Å². The minimum atomic E-state index is -0.873. The van der Waals surface area contributed by atoms with Gasteiger partial charge in [-0.05, 0) is 92.4 Å². The summed E-state index contributed by atoms with van der Waals surface area (Å²) in [6.07, 6.45) is 7.16. The van der Waals surface area contributed by atoms with Crippen molar-refractivity contribution < 1.29 is 39.1 Å². The summed E-state index contributed by atoms with van der Waals surface area (Å²) in [5, 5.41) is 33.1. The molecule has 7 aliphatic rings. The van der Waals surface area contributed by atoms with Gasteiger partial charge in [-0.15, -0.1) is 0 Å². The van der Waals surface area contributed by atoms with E-state index in [1.165, 1.54) is 0 Å². The van der Waals surface area contributed by atoms with Gasteiger partial charge in [-0.3, -0.25) is 0 Å². The number of hydrogen-bond donors (Lipinski definition) is 3. The van der Waals surface area contributed by atoms with Crippen LogP contribution in [0, 0.1) is 34.5 Å². The Balaban J connectivity index is 1.05. The van der Waals surface area contributed by atoms with Crippen molar-refractivity contribution in [1.82, 2.24) is 0 Å². The van der Waals surface area contributed by atoms with Gasteiger partial charge in [0.05, 0.1) is 18.3 Å². The minimum absolute atomic E-state index is 0.0184. The van der Waals surface area contributed by atoms with E-state index in [1.807, 2.05) is 0 Å². The summed E-state index contributed by atoms with van der Waals surface area (Å²) in [7, 11) is 0. The van der Waals surface area contributed by atoms with Crippen molar-refractivity contribution in [3.05, 3.63) is 11.6 Å². The number of hydrogen-bond acceptors (Lipinski definition) is 8. The molecule has 8 heteroatoms. The van der Waals surface area contributed by atoms with Crippen LogP contribution >= 0.6 is 0 Å². The number of fused-ring (bicyclic) bond motifs is 6. The van der Waals surface area contributed by atoms with E-state index in [4.69, 9.17) is 18.9 Å². The normalized spacial score (nSPS) is 56.8. The number of esters is 1. The van der Waals surface area contributed by atoms with Gasteiger partial charge in [0, 0.05) is 11.5 Å². The second kappa shape index (κ2) is 8.48. The maximum atomic E-state index is 12.4. The van der Waals surface area contributed by atoms with Crippen molar-refractivity contribution in [2.45, 2.75) is 114 Å². The Morgan fingerprint density at radius 3 is 2.59 bits per heavy atom. The van der Waals surface area contributed by atoms with Crippen molar-refractivity contribution in [3.63, 3.8) is 0 Å². The van der Waals surface area contributed by atoms with E-state index < -0.39 is 36.3 Å². The van der Waals surface area contributed by atoms with Crippen LogP contribution in [-0.2, 0) is 23.7 Å². The smallest absolute Gasteiger partial charge is 0.331 e. The minimum Gasteiger partial charge on any atom is -0.458 e. The average molecular weight is 519 g/mol. The molecule has 4 saturated carbocycles. The number of cyclic esters (lactones) is 1. The highest BCUT2D eigenvalue weighted by molar-refractivity contribution is 5.85. The maximum Gasteiger partial charge on any atom is 0.331 e. The second-order valence-corrected chi connectivity index (χ2v) is 13.6. The molecule has 3 aliphatic heterocycles. The van der Waals surface area contributed by atoms with E-state index in [-0.39, 0.29) is 41.3 Å². The Labute approximate surface area is 218 Å². The van der Waals surface area contributed by atoms with Gasteiger partial charge >= 0.3 is 5.97 Å². The third-order valence-corrected chi connectivity index (χ3v) is 12.3. The summed E-state index contributed by atoms with van der Waals surface area (Å²) in [5.74, 6) is 1.26. The summed E-state index contributed by atoms with van der Waals surface area (Å²) >= 11 is 0. The average Bonchev–Trinajstić information content (AvgIpc) is 3.60. The first-order valence-electron chi connectivity index (χ1n) is 14.5. The Kier molecular flexibility index (Phi) is 5.73. The molecule has 0 amide bonds. The number of carbonyl (C=O) groups excluding carboxylic acids is 1. The number of rotatable bonds is 3. The number of aliphatic hydroxyl groups is 3. The number of carbonyl (C=O) groups is 1. The predicted molar refractivity (Wildman–Crippen MR) is 131 cm³/mol. The first kappa shape index (κ1) is 25.0. The zero-order valence-electron chi connectivity index (χ0n) is 22.0. The van der Waals surface area contributed by atoms with Gasteiger partial charge < -0.3 is 34.3 Å². The van der Waals surface area contributed by atoms with Crippen LogP contribution in [0.2, 0.25) is 0 Å². The monoisotopic (exact) mass is 518 g/mol. The molecule has 6 fully saturated rings. The van der Waals surface area contributed by atoms with Crippen LogP contribution in [0.25, 0.3) is 0 Å². The first-order chi connectivity index (χ1) is 17.6. The molecular formula is C29H42O8. The molecule has 37 heavy (non-hydrogen) atoms. The summed E-state index contributed by atoms with van der Waals surface area (Å²) in [4.78, 5) is 11.8. The molecule has 3 N–H and O–H groups in total. The van der Waals surface area contributed by atoms with Gasteiger partial charge in [0.2, 0.25) is 0 Å². The maximum absolute atomic E-state index is 12.4. The van der Waals surface area contributed by atoms with Gasteiger partial charge in [-0.2, -0.15) is 0 Å². The van der Waals surface area contributed by atoms with Crippen LogP contribution in [0.1, 0.15) is 71.6 Å². The molecule has 0 aromatic carbocycles. The van der Waals surface area contributed by atoms with Crippen LogP contribution < -0.4 is 0 Å². The lowest BCUT2D eigenvalue weighted by atomic mass is 9.43. The molecule has 7 rings (SSSR count). The molecule has 0 spiro atoms. The Morgan fingerprint density at radius 2 is 1.84 bits per heavy atom. The summed E-state index contributed by atoms with van der Waals surface area (Å²) in [5.41, 5.74) is 0.333. The molecule has 3 heterocycles. The molecule has 8 nitrogen and oxygen atoms in total. The fourth-order valence-corrected chi connectivity index (χ4v) is 10.3. The fourth-order valence-electron chi connectivity index (χ4n) is 10.3. The second-order valence-electron chi connectivity index (χ2n) is 13.6. The first-order valence-corrected chi connectivity index (χ1v) is 14.5. The topological polar surface area (TPSA) is 115 Å². The van der Waals surface area contributed by atoms with Gasteiger partial charge in [-0.25, -0.2) is 4.79 Å². The highest BCUT2D eigenvalue weighted by atomic mass is 16.7. The summed E-state index contributed by atoms with van der Waals surface area (Å²) < 4.78 is 23.0. The summed E-state index contributed by atoms with van der Waals surface area (Å²) in [6, 6.07) is 0. The third kappa shape index (κ3) is 3.45. The molecule has 2 unspecified atom stereocenters. The molecule has 0 aromatic rings. The van der Waals surface area contributed by atoms with Crippen molar-refractivity contribution in [2.75, 3.05) is 13.2 Å². The highest BCUT2D eigenvalue weighted by Gasteiger charge is 2.68. The quantitative estimate of drug-likeness (QED) is 0.489.